The van der Waals surface area contributed by atoms with Gasteiger partial charge in [0.2, 0.25) is 0 Å². The number of pyridine rings is 3. The number of carbonyl (C=O) groups excluding carboxylic acids is 1. The number of fused-ring (bicyclic) bond motifs is 2. The Morgan fingerprint density at radius 2 is 1.68 bits per heavy atom. The highest BCUT2D eigenvalue weighted by molar-refractivity contribution is 7.91. The van der Waals surface area contributed by atoms with Crippen molar-refractivity contribution in [2.24, 2.45) is 0 Å². The SMILES string of the molecule is Cc1cc2cc(Cc3cc(C(=O)NCc4ccc5c(N)nccc5c4)ccn3)cc(S(C)(=O)=O)c2cn1. The van der Waals surface area contributed by atoms with Crippen LogP contribution in [0.15, 0.2) is 78.1 Å². The summed E-state index contributed by atoms with van der Waals surface area (Å²) >= 11 is 0. The summed E-state index contributed by atoms with van der Waals surface area (Å²) in [6.45, 7) is 2.21. The van der Waals surface area contributed by atoms with Gasteiger partial charge in [0.1, 0.15) is 5.82 Å². The Kier molecular flexibility index (Phi) is 6.31. The molecule has 0 saturated heterocycles. The molecule has 0 bridgehead atoms. The Labute approximate surface area is 214 Å². The van der Waals surface area contributed by atoms with E-state index in [0.29, 0.717) is 35.4 Å². The molecule has 0 atom stereocenters. The summed E-state index contributed by atoms with van der Waals surface area (Å²) in [6, 6.07) is 16.5. The number of rotatable bonds is 6. The van der Waals surface area contributed by atoms with Crippen molar-refractivity contribution in [3.05, 3.63) is 101 Å². The number of carbonyl (C=O) groups is 1. The molecule has 8 nitrogen and oxygen atoms in total. The van der Waals surface area contributed by atoms with E-state index in [2.05, 4.69) is 20.3 Å². The predicted molar refractivity (Wildman–Crippen MR) is 144 cm³/mol. The molecule has 3 N–H and O–H groups in total. The number of hydrogen-bond donors (Lipinski definition) is 2. The minimum absolute atomic E-state index is 0.227. The maximum absolute atomic E-state index is 12.9. The van der Waals surface area contributed by atoms with Gasteiger partial charge in [-0.3, -0.25) is 14.8 Å². The third-order valence-electron chi connectivity index (χ3n) is 6.17. The topological polar surface area (TPSA) is 128 Å². The van der Waals surface area contributed by atoms with E-state index in [0.717, 1.165) is 33.0 Å². The zero-order chi connectivity index (χ0) is 26.2. The number of nitrogens with zero attached hydrogens (tertiary/aromatic N) is 3. The number of anilines is 1. The van der Waals surface area contributed by atoms with Gasteiger partial charge < -0.3 is 11.1 Å². The van der Waals surface area contributed by atoms with Crippen LogP contribution in [0.25, 0.3) is 21.5 Å². The van der Waals surface area contributed by atoms with Gasteiger partial charge in [0.25, 0.3) is 5.91 Å². The zero-order valence-corrected chi connectivity index (χ0v) is 21.2. The first-order valence-corrected chi connectivity index (χ1v) is 13.5. The molecule has 0 spiro atoms. The second kappa shape index (κ2) is 9.59. The van der Waals surface area contributed by atoms with E-state index >= 15 is 0 Å². The molecule has 37 heavy (non-hydrogen) atoms. The highest BCUT2D eigenvalue weighted by Gasteiger charge is 2.15. The van der Waals surface area contributed by atoms with E-state index < -0.39 is 9.84 Å². The normalized spacial score (nSPS) is 11.6. The quantitative estimate of drug-likeness (QED) is 0.353. The van der Waals surface area contributed by atoms with Gasteiger partial charge in [-0.05, 0) is 65.2 Å². The fourth-order valence-electron chi connectivity index (χ4n) is 4.37. The molecule has 3 heterocycles. The summed E-state index contributed by atoms with van der Waals surface area (Å²) in [5.41, 5.74) is 9.58. The van der Waals surface area contributed by atoms with E-state index in [1.165, 1.54) is 6.26 Å². The molecule has 0 aliphatic rings. The minimum atomic E-state index is -3.46. The van der Waals surface area contributed by atoms with Crippen LogP contribution in [0.5, 0.6) is 0 Å². The van der Waals surface area contributed by atoms with Crippen molar-refractivity contribution in [3.63, 3.8) is 0 Å². The third kappa shape index (κ3) is 5.26. The zero-order valence-electron chi connectivity index (χ0n) is 20.4. The van der Waals surface area contributed by atoms with Crippen LogP contribution >= 0.6 is 0 Å². The molecule has 9 heteroatoms. The number of sulfone groups is 1. The fourth-order valence-corrected chi connectivity index (χ4v) is 5.31. The summed E-state index contributed by atoms with van der Waals surface area (Å²) < 4.78 is 24.9. The van der Waals surface area contributed by atoms with E-state index in [1.54, 1.807) is 36.8 Å². The number of hydrogen-bond acceptors (Lipinski definition) is 7. The molecule has 2 aromatic carbocycles. The first-order chi connectivity index (χ1) is 17.7. The number of amides is 1. The van der Waals surface area contributed by atoms with Crippen LogP contribution in [0.2, 0.25) is 0 Å². The van der Waals surface area contributed by atoms with Gasteiger partial charge in [-0.15, -0.1) is 0 Å². The summed E-state index contributed by atoms with van der Waals surface area (Å²) in [6.07, 6.45) is 6.40. The van der Waals surface area contributed by atoms with Gasteiger partial charge in [0.05, 0.1) is 4.90 Å². The largest absolute Gasteiger partial charge is 0.383 e. The first kappa shape index (κ1) is 24.3. The molecule has 0 fully saturated rings. The Morgan fingerprint density at radius 1 is 0.892 bits per heavy atom. The van der Waals surface area contributed by atoms with E-state index in [-0.39, 0.29) is 10.8 Å². The lowest BCUT2D eigenvalue weighted by atomic mass is 10.0. The number of aromatic nitrogens is 3. The van der Waals surface area contributed by atoms with Crippen LogP contribution in [-0.4, -0.2) is 35.5 Å². The summed E-state index contributed by atoms with van der Waals surface area (Å²) in [5, 5.41) is 6.16. The van der Waals surface area contributed by atoms with Gasteiger partial charge in [-0.1, -0.05) is 18.2 Å². The van der Waals surface area contributed by atoms with Crippen LogP contribution in [0, 0.1) is 6.92 Å². The van der Waals surface area contributed by atoms with Crippen LogP contribution in [0.4, 0.5) is 5.82 Å². The van der Waals surface area contributed by atoms with Crippen LogP contribution in [-0.2, 0) is 22.8 Å². The Morgan fingerprint density at radius 3 is 2.49 bits per heavy atom. The minimum Gasteiger partial charge on any atom is -0.383 e. The maximum Gasteiger partial charge on any atom is 0.251 e. The Balaban J connectivity index is 1.36. The molecule has 186 valence electrons. The number of benzene rings is 2. The molecule has 3 aromatic heterocycles. The number of aryl methyl sites for hydroxylation is 1. The van der Waals surface area contributed by atoms with E-state index in [9.17, 15) is 13.2 Å². The average molecular weight is 512 g/mol. The van der Waals surface area contributed by atoms with Gasteiger partial charge in [0.15, 0.2) is 9.84 Å². The van der Waals surface area contributed by atoms with Crippen molar-refractivity contribution in [2.45, 2.75) is 24.8 Å². The van der Waals surface area contributed by atoms with Gasteiger partial charge in [-0.25, -0.2) is 13.4 Å². The molecular formula is C28H25N5O3S. The lowest BCUT2D eigenvalue weighted by Crippen LogP contribution is -2.23. The van der Waals surface area contributed by atoms with Crippen molar-refractivity contribution < 1.29 is 13.2 Å². The summed E-state index contributed by atoms with van der Waals surface area (Å²) in [5.74, 6) is 0.245. The number of nitrogens with two attached hydrogens (primary N) is 1. The van der Waals surface area contributed by atoms with Gasteiger partial charge in [0, 0.05) is 65.5 Å². The maximum atomic E-state index is 12.9. The lowest BCUT2D eigenvalue weighted by molar-refractivity contribution is 0.0950. The molecular weight excluding hydrogens is 486 g/mol. The van der Waals surface area contributed by atoms with Crippen molar-refractivity contribution in [1.82, 2.24) is 20.3 Å². The van der Waals surface area contributed by atoms with Crippen molar-refractivity contribution in [2.75, 3.05) is 12.0 Å². The van der Waals surface area contributed by atoms with Crippen molar-refractivity contribution in [1.29, 1.82) is 0 Å². The number of nitrogens with one attached hydrogen (secondary N) is 1. The number of nitrogen functional groups attached to an aromatic ring is 1. The predicted octanol–water partition coefficient (Wildman–Crippen LogP) is 3.99. The molecule has 1 amide bonds. The second-order valence-electron chi connectivity index (χ2n) is 9.06. The molecule has 5 aromatic rings. The molecule has 0 aliphatic carbocycles. The second-order valence-corrected chi connectivity index (χ2v) is 11.0. The molecule has 0 saturated carbocycles. The van der Waals surface area contributed by atoms with E-state index in [4.69, 9.17) is 5.73 Å². The van der Waals surface area contributed by atoms with Crippen LogP contribution in [0.3, 0.4) is 0 Å². The summed E-state index contributed by atoms with van der Waals surface area (Å²) in [7, 11) is -3.46. The monoisotopic (exact) mass is 511 g/mol. The molecule has 0 aliphatic heterocycles. The lowest BCUT2D eigenvalue weighted by Gasteiger charge is -2.11. The molecule has 0 radical (unpaired) electrons. The Bertz CT molecular complexity index is 1780. The third-order valence-corrected chi connectivity index (χ3v) is 7.31. The fraction of sp³-hybridized carbons (Fsp3) is 0.143. The standard InChI is InChI=1S/C28H25N5O3S/c1-17-9-22-11-19(13-26(37(2,35)36)25(22)16-32-17)12-23-14-21(6-7-30-23)28(34)33-15-18-3-4-24-20(10-18)5-8-31-27(24)29/h3-11,13-14,16H,12,15H2,1-2H3,(H2,29,31)(H,33,34). The van der Waals surface area contributed by atoms with Crippen molar-refractivity contribution >= 4 is 43.1 Å². The smallest absolute Gasteiger partial charge is 0.251 e. The van der Waals surface area contributed by atoms with Crippen LogP contribution < -0.4 is 11.1 Å². The van der Waals surface area contributed by atoms with Crippen molar-refractivity contribution in [3.8, 4) is 0 Å². The van der Waals surface area contributed by atoms with Crippen LogP contribution in [0.1, 0.15) is 32.9 Å². The van der Waals surface area contributed by atoms with E-state index in [1.807, 2.05) is 43.3 Å². The van der Waals surface area contributed by atoms with Gasteiger partial charge >= 0.3 is 0 Å². The Hall–Kier alpha value is -4.37. The highest BCUT2D eigenvalue weighted by Crippen LogP contribution is 2.26. The summed E-state index contributed by atoms with van der Waals surface area (Å²) in [4.78, 5) is 25.9. The highest BCUT2D eigenvalue weighted by atomic mass is 32.2. The first-order valence-electron chi connectivity index (χ1n) is 11.6. The average Bonchev–Trinajstić information content (AvgIpc) is 2.86. The molecule has 5 rings (SSSR count). The molecule has 0 unspecified atom stereocenters. The van der Waals surface area contributed by atoms with Gasteiger partial charge in [-0.2, -0.15) is 0 Å².